The van der Waals surface area contributed by atoms with E-state index < -0.39 is 21.5 Å². The molecule has 5 aromatic rings. The molecule has 0 aliphatic carbocycles. The Morgan fingerprint density at radius 1 is 1.03 bits per heavy atom. The van der Waals surface area contributed by atoms with Gasteiger partial charge in [0.05, 0.1) is 18.9 Å². The van der Waals surface area contributed by atoms with Crippen LogP contribution >= 0.6 is 0 Å². The molecule has 0 unspecified atom stereocenters. The minimum absolute atomic E-state index is 0.0332. The van der Waals surface area contributed by atoms with Crippen LogP contribution < -0.4 is 10.1 Å². The lowest BCUT2D eigenvalue weighted by atomic mass is 10.0. The maximum absolute atomic E-state index is 13.2. The van der Waals surface area contributed by atoms with Crippen LogP contribution in [0.4, 0.5) is 17.2 Å². The molecule has 0 aliphatic rings. The molecule has 2 N–H and O–H groups in total. The van der Waals surface area contributed by atoms with Crippen molar-refractivity contribution < 1.29 is 23.1 Å². The van der Waals surface area contributed by atoms with E-state index in [4.69, 9.17) is 4.74 Å². The molecule has 0 bridgehead atoms. The van der Waals surface area contributed by atoms with E-state index in [1.165, 1.54) is 25.6 Å². The van der Waals surface area contributed by atoms with Gasteiger partial charge in [-0.2, -0.15) is 9.78 Å². The molecule has 2 heterocycles. The second-order valence-electron chi connectivity index (χ2n) is 8.29. The number of hydrogen-bond donors (Lipinski definition) is 2. The van der Waals surface area contributed by atoms with Gasteiger partial charge in [-0.3, -0.25) is 4.79 Å². The smallest absolute Gasteiger partial charge is 0.259 e. The molecule has 1 amide bonds. The largest absolute Gasteiger partial charge is 0.505 e. The molecule has 3 aromatic carbocycles. The Balaban J connectivity index is 1.61. The van der Waals surface area contributed by atoms with E-state index in [0.29, 0.717) is 22.2 Å². The summed E-state index contributed by atoms with van der Waals surface area (Å²) in [6.07, 6.45) is 5.07. The molecule has 0 atom stereocenters. The van der Waals surface area contributed by atoms with E-state index in [1.807, 2.05) is 0 Å². The summed E-state index contributed by atoms with van der Waals surface area (Å²) in [4.78, 5) is 21.1. The number of amides is 1. The highest BCUT2D eigenvalue weighted by molar-refractivity contribution is 7.90. The molecular formula is C26H21N7O5S. The maximum atomic E-state index is 13.2. The Labute approximate surface area is 222 Å². The number of phenols is 1. The number of anilines is 1. The summed E-state index contributed by atoms with van der Waals surface area (Å²) in [5.74, 6) is -0.494. The molecule has 5 rings (SSSR count). The second-order valence-corrected chi connectivity index (χ2v) is 10.3. The summed E-state index contributed by atoms with van der Waals surface area (Å²) in [7, 11) is -2.23. The summed E-state index contributed by atoms with van der Waals surface area (Å²) in [5.41, 5.74) is 0.400. The number of benzene rings is 3. The molecule has 39 heavy (non-hydrogen) atoms. The van der Waals surface area contributed by atoms with E-state index in [0.717, 1.165) is 17.1 Å². The van der Waals surface area contributed by atoms with E-state index in [1.54, 1.807) is 54.6 Å². The molecule has 0 radical (unpaired) electrons. The predicted octanol–water partition coefficient (Wildman–Crippen LogP) is 4.60. The molecule has 0 saturated carbocycles. The van der Waals surface area contributed by atoms with Crippen molar-refractivity contribution in [1.82, 2.24) is 19.7 Å². The average Bonchev–Trinajstić information content (AvgIpc) is 3.38. The van der Waals surface area contributed by atoms with E-state index in [2.05, 4.69) is 30.6 Å². The van der Waals surface area contributed by atoms with Crippen molar-refractivity contribution in [3.8, 4) is 17.4 Å². The van der Waals surface area contributed by atoms with Gasteiger partial charge in [0.1, 0.15) is 16.3 Å². The zero-order chi connectivity index (χ0) is 27.6. The lowest BCUT2D eigenvalue weighted by Gasteiger charge is -2.11. The van der Waals surface area contributed by atoms with Crippen molar-refractivity contribution in [1.29, 1.82) is 0 Å². The van der Waals surface area contributed by atoms with Gasteiger partial charge >= 0.3 is 0 Å². The van der Waals surface area contributed by atoms with Gasteiger partial charge in [-0.15, -0.1) is 10.2 Å². The third-order valence-corrected chi connectivity index (χ3v) is 6.77. The Kier molecular flexibility index (Phi) is 6.73. The number of nitrogens with one attached hydrogen (secondary N) is 1. The van der Waals surface area contributed by atoms with Gasteiger partial charge in [-0.25, -0.2) is 18.4 Å². The lowest BCUT2D eigenvalue weighted by molar-refractivity contribution is 0.102. The molecular weight excluding hydrogens is 522 g/mol. The van der Waals surface area contributed by atoms with Crippen LogP contribution in [0.5, 0.6) is 11.5 Å². The van der Waals surface area contributed by atoms with Crippen molar-refractivity contribution in [3.63, 3.8) is 0 Å². The zero-order valence-electron chi connectivity index (χ0n) is 20.7. The minimum atomic E-state index is -3.77. The first-order valence-corrected chi connectivity index (χ1v) is 13.3. The highest BCUT2D eigenvalue weighted by Crippen LogP contribution is 2.40. The van der Waals surface area contributed by atoms with Gasteiger partial charge in [-0.1, -0.05) is 24.3 Å². The van der Waals surface area contributed by atoms with Gasteiger partial charge in [0.15, 0.2) is 21.4 Å². The number of phenolic OH excluding ortho intramolecular Hbond substituents is 1. The highest BCUT2D eigenvalue weighted by Gasteiger charge is 2.23. The summed E-state index contributed by atoms with van der Waals surface area (Å²) in [5, 5.41) is 27.4. The Morgan fingerprint density at radius 2 is 1.74 bits per heavy atom. The third kappa shape index (κ3) is 5.15. The van der Waals surface area contributed by atoms with Crippen molar-refractivity contribution in [2.45, 2.75) is 4.90 Å². The lowest BCUT2D eigenvalue weighted by Crippen LogP contribution is -2.12. The summed E-state index contributed by atoms with van der Waals surface area (Å²) >= 11 is 0. The second kappa shape index (κ2) is 10.3. The number of azo groups is 1. The fourth-order valence-electron chi connectivity index (χ4n) is 3.79. The molecule has 196 valence electrons. The number of carbonyl (C=O) groups excluding carboxylic acids is 1. The zero-order valence-corrected chi connectivity index (χ0v) is 21.5. The van der Waals surface area contributed by atoms with Crippen molar-refractivity contribution in [3.05, 3.63) is 84.8 Å². The molecule has 0 spiro atoms. The number of rotatable bonds is 7. The topological polar surface area (TPSA) is 161 Å². The first kappa shape index (κ1) is 25.5. The Morgan fingerprint density at radius 3 is 2.44 bits per heavy atom. The number of aromatic hydroxyl groups is 1. The average molecular weight is 544 g/mol. The quantitative estimate of drug-likeness (QED) is 0.282. The number of fused-ring (bicyclic) bond motifs is 1. The SMILES string of the molecule is COc1ccc(NC(=O)c2cc3ccccc3c(/N=N/c3c(S(C)(=O)=O)cnn3-c3ncccn3)c2O)cc1. The number of methoxy groups -OCH3 is 1. The standard InChI is InChI=1S/C26H21N7O5S/c1-38-18-10-8-17(9-11-18)30-25(35)20-14-16-6-3-4-7-19(16)22(23(20)34)31-32-24-21(39(2,36)37)15-29-33(24)26-27-12-5-13-28-26/h3-15,34H,1-2H3,(H,30,35)/b32-31+. The number of nitrogens with zero attached hydrogens (tertiary/aromatic N) is 6. The maximum Gasteiger partial charge on any atom is 0.259 e. The van der Waals surface area contributed by atoms with Crippen LogP contribution in [0.1, 0.15) is 10.4 Å². The number of aromatic nitrogens is 4. The van der Waals surface area contributed by atoms with E-state index in [-0.39, 0.29) is 27.9 Å². The predicted molar refractivity (Wildman–Crippen MR) is 143 cm³/mol. The Hall–Kier alpha value is -5.17. The van der Waals surface area contributed by atoms with Gasteiger partial charge < -0.3 is 15.2 Å². The molecule has 0 aliphatic heterocycles. The highest BCUT2D eigenvalue weighted by atomic mass is 32.2. The van der Waals surface area contributed by atoms with Crippen molar-refractivity contribution >= 4 is 43.7 Å². The van der Waals surface area contributed by atoms with Crippen LogP contribution in [0.15, 0.2) is 94.4 Å². The first-order valence-electron chi connectivity index (χ1n) is 11.4. The summed E-state index contributed by atoms with van der Waals surface area (Å²) in [6.45, 7) is 0. The van der Waals surface area contributed by atoms with Crippen LogP contribution in [0.25, 0.3) is 16.7 Å². The summed E-state index contributed by atoms with van der Waals surface area (Å²) < 4.78 is 31.1. The van der Waals surface area contributed by atoms with Crippen LogP contribution in [0.2, 0.25) is 0 Å². The fraction of sp³-hybridized carbons (Fsp3) is 0.0769. The summed E-state index contributed by atoms with van der Waals surface area (Å²) in [6, 6.07) is 16.8. The van der Waals surface area contributed by atoms with Crippen molar-refractivity contribution in [2.75, 3.05) is 18.7 Å². The van der Waals surface area contributed by atoms with E-state index >= 15 is 0 Å². The van der Waals surface area contributed by atoms with Crippen LogP contribution in [-0.4, -0.2) is 52.5 Å². The molecule has 13 heteroatoms. The molecule has 12 nitrogen and oxygen atoms in total. The third-order valence-electron chi connectivity index (χ3n) is 5.68. The monoisotopic (exact) mass is 543 g/mol. The van der Waals surface area contributed by atoms with Gasteiger partial charge in [0.2, 0.25) is 0 Å². The van der Waals surface area contributed by atoms with Crippen molar-refractivity contribution in [2.24, 2.45) is 10.2 Å². The fourth-order valence-corrected chi connectivity index (χ4v) is 4.49. The van der Waals surface area contributed by atoms with Crippen LogP contribution in [0.3, 0.4) is 0 Å². The van der Waals surface area contributed by atoms with Crippen LogP contribution in [0, 0.1) is 0 Å². The number of ether oxygens (including phenoxy) is 1. The number of carbonyl (C=O) groups is 1. The molecule has 2 aromatic heterocycles. The van der Waals surface area contributed by atoms with Gasteiger partial charge in [-0.05, 0) is 41.8 Å². The normalized spacial score (nSPS) is 11.6. The Bertz CT molecular complexity index is 1820. The minimum Gasteiger partial charge on any atom is -0.505 e. The van der Waals surface area contributed by atoms with Gasteiger partial charge in [0.25, 0.3) is 11.9 Å². The number of sulfone groups is 1. The molecule has 0 fully saturated rings. The molecule has 0 saturated heterocycles. The van der Waals surface area contributed by atoms with E-state index in [9.17, 15) is 18.3 Å². The number of hydrogen-bond acceptors (Lipinski definition) is 10. The first-order chi connectivity index (χ1) is 18.8. The van der Waals surface area contributed by atoms with Crippen LogP contribution in [-0.2, 0) is 9.84 Å². The van der Waals surface area contributed by atoms with Gasteiger partial charge in [0, 0.05) is 29.7 Å².